The van der Waals surface area contributed by atoms with Gasteiger partial charge in [0.25, 0.3) is 0 Å². The Morgan fingerprint density at radius 2 is 2.12 bits per heavy atom. The van der Waals surface area contributed by atoms with Crippen LogP contribution in [0.1, 0.15) is 26.0 Å². The molecule has 0 radical (unpaired) electrons. The smallest absolute Gasteiger partial charge is 0.223 e. The first kappa shape index (κ1) is 12.2. The van der Waals surface area contributed by atoms with Crippen LogP contribution in [0, 0.1) is 0 Å². The lowest BCUT2D eigenvalue weighted by Gasteiger charge is -2.38. The molecule has 4 heteroatoms. The fraction of sp³-hybridized carbons (Fsp3) is 0.615. The van der Waals surface area contributed by atoms with E-state index in [2.05, 4.69) is 0 Å². The standard InChI is InChI=1S/C13H19NO3/c1-10-8-16-9-11(2)14(10)13(15)6-5-12-4-3-7-17-12/h3-4,7,10-11H,5-6,8-9H2,1-2H3. The summed E-state index contributed by atoms with van der Waals surface area (Å²) in [5.41, 5.74) is 0. The minimum atomic E-state index is 0.169. The van der Waals surface area contributed by atoms with Crippen LogP contribution >= 0.6 is 0 Å². The molecule has 0 aliphatic carbocycles. The average Bonchev–Trinajstić information content (AvgIpc) is 2.79. The lowest BCUT2D eigenvalue weighted by Crippen LogP contribution is -2.52. The van der Waals surface area contributed by atoms with Gasteiger partial charge in [-0.25, -0.2) is 0 Å². The summed E-state index contributed by atoms with van der Waals surface area (Å²) in [5, 5.41) is 0. The highest BCUT2D eigenvalue weighted by molar-refractivity contribution is 5.77. The molecule has 4 nitrogen and oxygen atoms in total. The summed E-state index contributed by atoms with van der Waals surface area (Å²) in [4.78, 5) is 14.1. The summed E-state index contributed by atoms with van der Waals surface area (Å²) in [6.45, 7) is 5.33. The number of rotatable bonds is 3. The molecular weight excluding hydrogens is 218 g/mol. The zero-order valence-corrected chi connectivity index (χ0v) is 10.4. The predicted octanol–water partition coefficient (Wildman–Crippen LogP) is 1.85. The lowest BCUT2D eigenvalue weighted by molar-refractivity contribution is -0.144. The Morgan fingerprint density at radius 3 is 2.71 bits per heavy atom. The fourth-order valence-electron chi connectivity index (χ4n) is 2.31. The molecule has 1 aliphatic heterocycles. The number of ether oxygens (including phenoxy) is 1. The van der Waals surface area contributed by atoms with Crippen LogP contribution in [-0.4, -0.2) is 36.1 Å². The largest absolute Gasteiger partial charge is 0.469 e. The van der Waals surface area contributed by atoms with Crippen molar-refractivity contribution in [3.05, 3.63) is 24.2 Å². The first-order valence-electron chi connectivity index (χ1n) is 6.09. The van der Waals surface area contributed by atoms with Gasteiger partial charge in [-0.15, -0.1) is 0 Å². The van der Waals surface area contributed by atoms with Gasteiger partial charge in [0.15, 0.2) is 0 Å². The van der Waals surface area contributed by atoms with Gasteiger partial charge in [-0.3, -0.25) is 4.79 Å². The molecule has 0 aromatic carbocycles. The van der Waals surface area contributed by atoms with Crippen LogP contribution in [0.2, 0.25) is 0 Å². The van der Waals surface area contributed by atoms with Gasteiger partial charge in [-0.1, -0.05) is 0 Å². The number of furan rings is 1. The number of morpholine rings is 1. The topological polar surface area (TPSA) is 42.7 Å². The first-order chi connectivity index (χ1) is 8.18. The third kappa shape index (κ3) is 2.88. The number of amides is 1. The Kier molecular flexibility index (Phi) is 3.84. The van der Waals surface area contributed by atoms with Crippen LogP contribution in [0.4, 0.5) is 0 Å². The van der Waals surface area contributed by atoms with Crippen molar-refractivity contribution >= 4 is 5.91 Å². The molecule has 0 spiro atoms. The van der Waals surface area contributed by atoms with Crippen molar-refractivity contribution in [3.63, 3.8) is 0 Å². The van der Waals surface area contributed by atoms with Crippen molar-refractivity contribution in [2.45, 2.75) is 38.8 Å². The molecule has 94 valence electrons. The Balaban J connectivity index is 1.90. The summed E-state index contributed by atoms with van der Waals surface area (Å²) in [7, 11) is 0. The molecule has 17 heavy (non-hydrogen) atoms. The van der Waals surface area contributed by atoms with E-state index in [4.69, 9.17) is 9.15 Å². The number of hydrogen-bond donors (Lipinski definition) is 0. The molecule has 1 aromatic rings. The molecular formula is C13H19NO3. The van der Waals surface area contributed by atoms with Crippen LogP contribution in [0.15, 0.2) is 22.8 Å². The highest BCUT2D eigenvalue weighted by Crippen LogP contribution is 2.15. The molecule has 2 heterocycles. The highest BCUT2D eigenvalue weighted by atomic mass is 16.5. The fourth-order valence-corrected chi connectivity index (χ4v) is 2.31. The molecule has 0 bridgehead atoms. The van der Waals surface area contributed by atoms with Crippen molar-refractivity contribution in [1.82, 2.24) is 4.90 Å². The van der Waals surface area contributed by atoms with Crippen molar-refractivity contribution in [2.24, 2.45) is 0 Å². The molecule has 2 unspecified atom stereocenters. The minimum Gasteiger partial charge on any atom is -0.469 e. The van der Waals surface area contributed by atoms with E-state index in [1.54, 1.807) is 6.26 Å². The van der Waals surface area contributed by atoms with Crippen LogP contribution in [0.5, 0.6) is 0 Å². The van der Waals surface area contributed by atoms with Gasteiger partial charge in [-0.2, -0.15) is 0 Å². The number of aryl methyl sites for hydroxylation is 1. The summed E-state index contributed by atoms with van der Waals surface area (Å²) in [6.07, 6.45) is 2.81. The summed E-state index contributed by atoms with van der Waals surface area (Å²) in [5.74, 6) is 1.05. The molecule has 1 aliphatic rings. The zero-order chi connectivity index (χ0) is 12.3. The maximum Gasteiger partial charge on any atom is 0.223 e. The van der Waals surface area contributed by atoms with E-state index >= 15 is 0 Å². The molecule has 1 saturated heterocycles. The zero-order valence-electron chi connectivity index (χ0n) is 10.4. The van der Waals surface area contributed by atoms with Gasteiger partial charge in [0.1, 0.15) is 5.76 Å². The summed E-state index contributed by atoms with van der Waals surface area (Å²) >= 11 is 0. The molecule has 1 aromatic heterocycles. The Hall–Kier alpha value is -1.29. The Labute approximate surface area is 102 Å². The lowest BCUT2D eigenvalue weighted by atomic mass is 10.1. The highest BCUT2D eigenvalue weighted by Gasteiger charge is 2.29. The van der Waals surface area contributed by atoms with E-state index in [1.165, 1.54) is 0 Å². The van der Waals surface area contributed by atoms with Gasteiger partial charge < -0.3 is 14.1 Å². The molecule has 0 saturated carbocycles. The van der Waals surface area contributed by atoms with Crippen LogP contribution in [-0.2, 0) is 16.0 Å². The van der Waals surface area contributed by atoms with Crippen LogP contribution < -0.4 is 0 Å². The van der Waals surface area contributed by atoms with Crippen molar-refractivity contribution in [1.29, 1.82) is 0 Å². The third-order valence-corrected chi connectivity index (χ3v) is 3.12. The molecule has 2 rings (SSSR count). The van der Waals surface area contributed by atoms with E-state index in [9.17, 15) is 4.79 Å². The van der Waals surface area contributed by atoms with Gasteiger partial charge in [-0.05, 0) is 26.0 Å². The first-order valence-corrected chi connectivity index (χ1v) is 6.09. The van der Waals surface area contributed by atoms with Gasteiger partial charge >= 0.3 is 0 Å². The van der Waals surface area contributed by atoms with E-state index in [1.807, 2.05) is 30.9 Å². The van der Waals surface area contributed by atoms with Crippen LogP contribution in [0.3, 0.4) is 0 Å². The molecule has 2 atom stereocenters. The van der Waals surface area contributed by atoms with Gasteiger partial charge in [0, 0.05) is 12.8 Å². The monoisotopic (exact) mass is 237 g/mol. The Morgan fingerprint density at radius 1 is 1.41 bits per heavy atom. The SMILES string of the molecule is CC1COCC(C)N1C(=O)CCc1ccco1. The van der Waals surface area contributed by atoms with E-state index < -0.39 is 0 Å². The number of hydrogen-bond acceptors (Lipinski definition) is 3. The quantitative estimate of drug-likeness (QED) is 0.805. The number of nitrogens with zero attached hydrogens (tertiary/aromatic N) is 1. The van der Waals surface area contributed by atoms with Gasteiger partial charge in [0.05, 0.1) is 31.6 Å². The predicted molar refractivity (Wildman–Crippen MR) is 63.6 cm³/mol. The number of carbonyl (C=O) groups is 1. The normalized spacial score (nSPS) is 24.9. The molecule has 1 amide bonds. The van der Waals surface area contributed by atoms with Gasteiger partial charge in [0.2, 0.25) is 5.91 Å². The molecule has 0 N–H and O–H groups in total. The van der Waals surface area contributed by atoms with E-state index in [0.29, 0.717) is 26.1 Å². The van der Waals surface area contributed by atoms with Crippen LogP contribution in [0.25, 0.3) is 0 Å². The van der Waals surface area contributed by atoms with E-state index in [0.717, 1.165) is 5.76 Å². The van der Waals surface area contributed by atoms with Crippen molar-refractivity contribution < 1.29 is 13.9 Å². The summed E-state index contributed by atoms with van der Waals surface area (Å²) in [6, 6.07) is 4.09. The Bertz CT molecular complexity index is 351. The van der Waals surface area contributed by atoms with E-state index in [-0.39, 0.29) is 18.0 Å². The second-order valence-corrected chi connectivity index (χ2v) is 4.62. The number of carbonyl (C=O) groups excluding carboxylic acids is 1. The molecule has 1 fully saturated rings. The maximum absolute atomic E-state index is 12.1. The second kappa shape index (κ2) is 5.36. The third-order valence-electron chi connectivity index (χ3n) is 3.12. The minimum absolute atomic E-state index is 0.169. The average molecular weight is 237 g/mol. The maximum atomic E-state index is 12.1. The summed E-state index contributed by atoms with van der Waals surface area (Å²) < 4.78 is 10.6. The van der Waals surface area contributed by atoms with Crippen molar-refractivity contribution in [3.8, 4) is 0 Å². The van der Waals surface area contributed by atoms with Crippen molar-refractivity contribution in [2.75, 3.05) is 13.2 Å². The second-order valence-electron chi connectivity index (χ2n) is 4.62.